The molecule has 3 heterocycles. The first kappa shape index (κ1) is 11.1. The van der Waals surface area contributed by atoms with E-state index < -0.39 is 0 Å². The first-order valence-corrected chi connectivity index (χ1v) is 6.73. The van der Waals surface area contributed by atoms with Crippen LogP contribution in [0.1, 0.15) is 22.0 Å². The van der Waals surface area contributed by atoms with Gasteiger partial charge in [0.2, 0.25) is 0 Å². The number of hydrogen-bond acceptors (Lipinski definition) is 4. The molecule has 3 nitrogen and oxygen atoms in total. The molecule has 0 amide bonds. The second-order valence-corrected chi connectivity index (χ2v) is 5.30. The number of nitrogens with zero attached hydrogens (tertiary/aromatic N) is 2. The van der Waals surface area contributed by atoms with Crippen molar-refractivity contribution in [2.45, 2.75) is 19.4 Å². The summed E-state index contributed by atoms with van der Waals surface area (Å²) >= 11 is 7.87. The molecule has 2 aromatic heterocycles. The average Bonchev–Trinajstić information content (AvgIpc) is 2.82. The molecule has 0 spiro atoms. The van der Waals surface area contributed by atoms with Crippen LogP contribution in [0.4, 0.5) is 0 Å². The lowest BCUT2D eigenvalue weighted by atomic mass is 10.1. The van der Waals surface area contributed by atoms with E-state index in [1.807, 2.05) is 6.07 Å². The third-order valence-corrected chi connectivity index (χ3v) is 3.92. The zero-order valence-corrected chi connectivity index (χ0v) is 10.7. The van der Waals surface area contributed by atoms with Crippen molar-refractivity contribution in [1.82, 2.24) is 9.97 Å². The number of ether oxygens (including phenoxy) is 1. The fraction of sp³-hybridized carbons (Fsp3) is 0.333. The molecular formula is C12H11ClN2OS. The third-order valence-electron chi connectivity index (χ3n) is 2.73. The number of rotatable bonds is 2. The Labute approximate surface area is 108 Å². The van der Waals surface area contributed by atoms with E-state index in [1.165, 1.54) is 4.88 Å². The highest BCUT2D eigenvalue weighted by Crippen LogP contribution is 2.23. The minimum atomic E-state index is 0.535. The topological polar surface area (TPSA) is 35.0 Å². The van der Waals surface area contributed by atoms with Crippen LogP contribution in [-0.2, 0) is 24.2 Å². The summed E-state index contributed by atoms with van der Waals surface area (Å²) in [7, 11) is 0. The molecule has 2 aromatic rings. The first-order chi connectivity index (χ1) is 8.33. The lowest BCUT2D eigenvalue weighted by molar-refractivity contribution is 0.109. The number of aromatic nitrogens is 2. The van der Waals surface area contributed by atoms with Crippen molar-refractivity contribution >= 4 is 22.9 Å². The van der Waals surface area contributed by atoms with E-state index in [4.69, 9.17) is 16.3 Å². The smallest absolute Gasteiger partial charge is 0.138 e. The molecule has 88 valence electrons. The fourth-order valence-electron chi connectivity index (χ4n) is 1.89. The van der Waals surface area contributed by atoms with Crippen molar-refractivity contribution in [3.8, 4) is 0 Å². The van der Waals surface area contributed by atoms with Crippen LogP contribution in [0.2, 0.25) is 5.15 Å². The zero-order chi connectivity index (χ0) is 11.7. The average molecular weight is 267 g/mol. The van der Waals surface area contributed by atoms with Gasteiger partial charge in [-0.3, -0.25) is 0 Å². The molecule has 0 unspecified atom stereocenters. The Hall–Kier alpha value is -0.970. The lowest BCUT2D eigenvalue weighted by Gasteiger charge is -2.16. The van der Waals surface area contributed by atoms with E-state index in [9.17, 15) is 0 Å². The van der Waals surface area contributed by atoms with E-state index in [0.29, 0.717) is 11.8 Å². The molecule has 5 heteroatoms. The molecule has 17 heavy (non-hydrogen) atoms. The quantitative estimate of drug-likeness (QED) is 0.784. The second-order valence-electron chi connectivity index (χ2n) is 3.91. The maximum absolute atomic E-state index is 6.16. The van der Waals surface area contributed by atoms with Crippen LogP contribution >= 0.6 is 22.9 Å². The summed E-state index contributed by atoms with van der Waals surface area (Å²) in [5.74, 6) is 0.804. The standard InChI is InChI=1S/C12H11ClN2OS/c13-12-9-7-16-4-3-10(9)14-11(15-12)6-8-2-1-5-17-8/h1-2,5H,3-4,6-7H2. The Kier molecular flexibility index (Phi) is 3.09. The van der Waals surface area contributed by atoms with Crippen molar-refractivity contribution < 1.29 is 4.74 Å². The van der Waals surface area contributed by atoms with Gasteiger partial charge in [-0.2, -0.15) is 0 Å². The molecule has 0 saturated heterocycles. The molecule has 0 aliphatic carbocycles. The number of hydrogen-bond donors (Lipinski definition) is 0. The molecule has 0 aromatic carbocycles. The molecule has 3 rings (SSSR count). The summed E-state index contributed by atoms with van der Waals surface area (Å²) in [6.07, 6.45) is 1.58. The predicted octanol–water partition coefficient (Wildman–Crippen LogP) is 2.86. The van der Waals surface area contributed by atoms with Gasteiger partial charge in [-0.25, -0.2) is 9.97 Å². The van der Waals surface area contributed by atoms with E-state index in [0.717, 1.165) is 36.5 Å². The monoisotopic (exact) mass is 266 g/mol. The summed E-state index contributed by atoms with van der Waals surface area (Å²) in [6.45, 7) is 1.26. The Morgan fingerprint density at radius 2 is 2.35 bits per heavy atom. The molecule has 0 fully saturated rings. The maximum atomic E-state index is 6.16. The molecule has 1 aliphatic heterocycles. The van der Waals surface area contributed by atoms with Crippen LogP contribution in [0.25, 0.3) is 0 Å². The molecule has 0 atom stereocenters. The molecule has 0 saturated carbocycles. The van der Waals surface area contributed by atoms with Gasteiger partial charge < -0.3 is 4.74 Å². The van der Waals surface area contributed by atoms with Gasteiger partial charge in [-0.05, 0) is 11.4 Å². The van der Waals surface area contributed by atoms with Crippen molar-refractivity contribution in [1.29, 1.82) is 0 Å². The van der Waals surface area contributed by atoms with Gasteiger partial charge >= 0.3 is 0 Å². The zero-order valence-electron chi connectivity index (χ0n) is 9.15. The van der Waals surface area contributed by atoms with E-state index >= 15 is 0 Å². The van der Waals surface area contributed by atoms with Crippen molar-refractivity contribution in [2.24, 2.45) is 0 Å². The van der Waals surface area contributed by atoms with Crippen LogP contribution in [0.15, 0.2) is 17.5 Å². The minimum absolute atomic E-state index is 0.535. The summed E-state index contributed by atoms with van der Waals surface area (Å²) in [5, 5.41) is 2.60. The highest BCUT2D eigenvalue weighted by molar-refractivity contribution is 7.09. The van der Waals surface area contributed by atoms with Crippen LogP contribution in [-0.4, -0.2) is 16.6 Å². The Bertz CT molecular complexity index is 528. The Morgan fingerprint density at radius 1 is 1.41 bits per heavy atom. The summed E-state index contributed by atoms with van der Waals surface area (Å²) < 4.78 is 5.36. The SMILES string of the molecule is Clc1nc(Cc2cccs2)nc2c1COCC2. The predicted molar refractivity (Wildman–Crippen MR) is 67.5 cm³/mol. The summed E-state index contributed by atoms with van der Waals surface area (Å²) in [6, 6.07) is 4.12. The van der Waals surface area contributed by atoms with Gasteiger partial charge in [0, 0.05) is 23.3 Å². The molecule has 1 aliphatic rings. The van der Waals surface area contributed by atoms with Crippen molar-refractivity contribution in [2.75, 3.05) is 6.61 Å². The molecule has 0 radical (unpaired) electrons. The highest BCUT2D eigenvalue weighted by Gasteiger charge is 2.17. The van der Waals surface area contributed by atoms with Crippen LogP contribution in [0.5, 0.6) is 0 Å². The first-order valence-electron chi connectivity index (χ1n) is 5.47. The lowest BCUT2D eigenvalue weighted by Crippen LogP contribution is -2.15. The van der Waals surface area contributed by atoms with Gasteiger partial charge in [0.1, 0.15) is 11.0 Å². The van der Waals surface area contributed by atoms with Crippen molar-refractivity contribution in [3.05, 3.63) is 44.6 Å². The highest BCUT2D eigenvalue weighted by atomic mass is 35.5. The fourth-order valence-corrected chi connectivity index (χ4v) is 2.85. The summed E-state index contributed by atoms with van der Waals surface area (Å²) in [4.78, 5) is 10.2. The van der Waals surface area contributed by atoms with E-state index in [2.05, 4.69) is 21.4 Å². The van der Waals surface area contributed by atoms with E-state index in [-0.39, 0.29) is 0 Å². The van der Waals surface area contributed by atoms with Gasteiger partial charge in [0.25, 0.3) is 0 Å². The van der Waals surface area contributed by atoms with Gasteiger partial charge in [-0.15, -0.1) is 11.3 Å². The van der Waals surface area contributed by atoms with Gasteiger partial charge in [-0.1, -0.05) is 17.7 Å². The molecule has 0 N–H and O–H groups in total. The second kappa shape index (κ2) is 4.72. The third kappa shape index (κ3) is 2.34. The van der Waals surface area contributed by atoms with Crippen LogP contribution in [0.3, 0.4) is 0 Å². The largest absolute Gasteiger partial charge is 0.376 e. The van der Waals surface area contributed by atoms with Crippen molar-refractivity contribution in [3.63, 3.8) is 0 Å². The van der Waals surface area contributed by atoms with Crippen LogP contribution in [0, 0.1) is 0 Å². The number of fused-ring (bicyclic) bond motifs is 1. The Balaban J connectivity index is 1.93. The summed E-state index contributed by atoms with van der Waals surface area (Å²) in [5.41, 5.74) is 2.00. The van der Waals surface area contributed by atoms with Gasteiger partial charge in [0.15, 0.2) is 0 Å². The normalized spacial score (nSPS) is 14.6. The van der Waals surface area contributed by atoms with Crippen LogP contribution < -0.4 is 0 Å². The molecule has 0 bridgehead atoms. The number of halogens is 1. The Morgan fingerprint density at radius 3 is 3.18 bits per heavy atom. The number of thiophene rings is 1. The van der Waals surface area contributed by atoms with Gasteiger partial charge in [0.05, 0.1) is 18.9 Å². The minimum Gasteiger partial charge on any atom is -0.376 e. The van der Waals surface area contributed by atoms with E-state index in [1.54, 1.807) is 11.3 Å². The maximum Gasteiger partial charge on any atom is 0.138 e. The molecular weight excluding hydrogens is 256 g/mol.